The highest BCUT2D eigenvalue weighted by Gasteiger charge is 1.88. The minimum Gasteiger partial charge on any atom is -0.388 e. The molecule has 66 valence electrons. The van der Waals surface area contributed by atoms with Crippen molar-refractivity contribution in [2.45, 2.75) is 6.92 Å². The highest BCUT2D eigenvalue weighted by molar-refractivity contribution is 5.44. The number of aldehydes is 1. The van der Waals surface area contributed by atoms with Crippen LogP contribution in [-0.2, 0) is 4.79 Å². The maximum atomic E-state index is 12.3. The number of rotatable bonds is 1. The van der Waals surface area contributed by atoms with E-state index < -0.39 is 0 Å². The van der Waals surface area contributed by atoms with E-state index in [0.29, 0.717) is 0 Å². The Morgan fingerprint density at radius 2 is 2.08 bits per heavy atom. The highest BCUT2D eigenvalue weighted by Crippen LogP contribution is 2.06. The van der Waals surface area contributed by atoms with Gasteiger partial charge in [0.05, 0.1) is 0 Å². The first-order chi connectivity index (χ1) is 5.74. The van der Waals surface area contributed by atoms with Crippen LogP contribution in [0.25, 0.3) is 0 Å². The third-order valence-electron chi connectivity index (χ3n) is 1.11. The number of halogens is 1. The second-order valence-electron chi connectivity index (χ2n) is 2.00. The van der Waals surface area contributed by atoms with Crippen LogP contribution < -0.4 is 5.32 Å². The summed E-state index contributed by atoms with van der Waals surface area (Å²) >= 11 is 0. The SMILES string of the molecule is CC=O.CNc1cccc(F)c1. The van der Waals surface area contributed by atoms with Crippen LogP contribution in [0.1, 0.15) is 6.92 Å². The zero-order valence-electron chi connectivity index (χ0n) is 7.17. The molecule has 0 aromatic heterocycles. The lowest BCUT2D eigenvalue weighted by Gasteiger charge is -1.96. The summed E-state index contributed by atoms with van der Waals surface area (Å²) in [4.78, 5) is 8.81. The summed E-state index contributed by atoms with van der Waals surface area (Å²) in [5.41, 5.74) is 0.801. The molecule has 12 heavy (non-hydrogen) atoms. The molecular weight excluding hydrogens is 157 g/mol. The molecule has 2 nitrogen and oxygen atoms in total. The van der Waals surface area contributed by atoms with Crippen LogP contribution in [-0.4, -0.2) is 13.3 Å². The molecule has 0 saturated carbocycles. The molecule has 1 aromatic rings. The Bertz CT molecular complexity index is 238. The molecule has 0 spiro atoms. The fraction of sp³-hybridized carbons (Fsp3) is 0.222. The van der Waals surface area contributed by atoms with Crippen molar-refractivity contribution >= 4 is 12.0 Å². The summed E-state index contributed by atoms with van der Waals surface area (Å²) in [5, 5.41) is 2.83. The topological polar surface area (TPSA) is 29.1 Å². The van der Waals surface area contributed by atoms with Crippen LogP contribution in [0.15, 0.2) is 24.3 Å². The molecule has 0 radical (unpaired) electrons. The lowest BCUT2D eigenvalue weighted by molar-refractivity contribution is -0.106. The first-order valence-electron chi connectivity index (χ1n) is 3.57. The largest absolute Gasteiger partial charge is 0.388 e. The number of anilines is 1. The molecule has 3 heteroatoms. The number of hydrogen-bond acceptors (Lipinski definition) is 2. The standard InChI is InChI=1S/C7H8FN.C2H4O/c1-9-7-4-2-3-6(8)5-7;1-2-3/h2-5,9H,1H3;2H,1H3. The van der Waals surface area contributed by atoms with E-state index in [0.717, 1.165) is 12.0 Å². The van der Waals surface area contributed by atoms with Crippen molar-refractivity contribution in [2.24, 2.45) is 0 Å². The van der Waals surface area contributed by atoms with E-state index in [-0.39, 0.29) is 5.82 Å². The summed E-state index contributed by atoms with van der Waals surface area (Å²) < 4.78 is 12.3. The molecule has 0 saturated heterocycles. The Morgan fingerprint density at radius 1 is 1.50 bits per heavy atom. The number of carbonyl (C=O) groups is 1. The second-order valence-corrected chi connectivity index (χ2v) is 2.00. The van der Waals surface area contributed by atoms with Crippen molar-refractivity contribution in [3.8, 4) is 0 Å². The van der Waals surface area contributed by atoms with Crippen molar-refractivity contribution in [2.75, 3.05) is 12.4 Å². The molecule has 0 aliphatic carbocycles. The van der Waals surface area contributed by atoms with Gasteiger partial charge in [0.1, 0.15) is 12.1 Å². The monoisotopic (exact) mass is 169 g/mol. The molecular formula is C9H12FNO. The minimum atomic E-state index is -0.207. The van der Waals surface area contributed by atoms with E-state index >= 15 is 0 Å². The normalized spacial score (nSPS) is 7.92. The molecule has 0 fully saturated rings. The maximum absolute atomic E-state index is 12.3. The summed E-state index contributed by atoms with van der Waals surface area (Å²) in [5.74, 6) is -0.207. The first-order valence-corrected chi connectivity index (χ1v) is 3.57. The average molecular weight is 169 g/mol. The second kappa shape index (κ2) is 6.34. The van der Waals surface area contributed by atoms with Gasteiger partial charge >= 0.3 is 0 Å². The Labute approximate surface area is 71.4 Å². The van der Waals surface area contributed by atoms with Gasteiger partial charge in [-0.25, -0.2) is 4.39 Å². The van der Waals surface area contributed by atoms with Gasteiger partial charge in [-0.05, 0) is 25.1 Å². The molecule has 0 unspecified atom stereocenters. The Balaban J connectivity index is 0.000000354. The van der Waals surface area contributed by atoms with Crippen LogP contribution in [0.4, 0.5) is 10.1 Å². The van der Waals surface area contributed by atoms with E-state index in [1.165, 1.54) is 19.1 Å². The molecule has 1 aromatic carbocycles. The lowest BCUT2D eigenvalue weighted by atomic mass is 10.3. The van der Waals surface area contributed by atoms with Crippen LogP contribution in [0.3, 0.4) is 0 Å². The third kappa shape index (κ3) is 4.44. The van der Waals surface area contributed by atoms with E-state index in [9.17, 15) is 4.39 Å². The lowest BCUT2D eigenvalue weighted by Crippen LogP contribution is -1.86. The van der Waals surface area contributed by atoms with Crippen LogP contribution in [0.2, 0.25) is 0 Å². The maximum Gasteiger partial charge on any atom is 0.125 e. The van der Waals surface area contributed by atoms with Crippen molar-refractivity contribution in [1.29, 1.82) is 0 Å². The molecule has 0 heterocycles. The van der Waals surface area contributed by atoms with Crippen molar-refractivity contribution < 1.29 is 9.18 Å². The van der Waals surface area contributed by atoms with Crippen molar-refractivity contribution in [3.05, 3.63) is 30.1 Å². The van der Waals surface area contributed by atoms with Gasteiger partial charge in [-0.15, -0.1) is 0 Å². The fourth-order valence-electron chi connectivity index (χ4n) is 0.644. The molecule has 0 aliphatic rings. The quantitative estimate of drug-likeness (QED) is 0.652. The fourth-order valence-corrected chi connectivity index (χ4v) is 0.644. The highest BCUT2D eigenvalue weighted by atomic mass is 19.1. The van der Waals surface area contributed by atoms with E-state index in [4.69, 9.17) is 4.79 Å². The van der Waals surface area contributed by atoms with Gasteiger partial charge in [-0.1, -0.05) is 6.07 Å². The zero-order valence-corrected chi connectivity index (χ0v) is 7.17. The molecule has 1 N–H and O–H groups in total. The number of hydrogen-bond donors (Lipinski definition) is 1. The smallest absolute Gasteiger partial charge is 0.125 e. The predicted octanol–water partition coefficient (Wildman–Crippen LogP) is 2.07. The van der Waals surface area contributed by atoms with E-state index in [1.807, 2.05) is 6.07 Å². The molecule has 0 amide bonds. The van der Waals surface area contributed by atoms with Gasteiger partial charge < -0.3 is 10.1 Å². The number of benzene rings is 1. The van der Waals surface area contributed by atoms with E-state index in [1.54, 1.807) is 13.1 Å². The predicted molar refractivity (Wildman–Crippen MR) is 47.7 cm³/mol. The Morgan fingerprint density at radius 3 is 2.42 bits per heavy atom. The molecule has 0 aliphatic heterocycles. The summed E-state index contributed by atoms with van der Waals surface area (Å²) in [6.45, 7) is 1.44. The molecule has 0 atom stereocenters. The van der Waals surface area contributed by atoms with Gasteiger partial charge in [-0.3, -0.25) is 0 Å². The minimum absolute atomic E-state index is 0.207. The van der Waals surface area contributed by atoms with Crippen LogP contribution in [0.5, 0.6) is 0 Å². The third-order valence-corrected chi connectivity index (χ3v) is 1.11. The van der Waals surface area contributed by atoms with Gasteiger partial charge in [0.25, 0.3) is 0 Å². The molecule has 1 rings (SSSR count). The Hall–Kier alpha value is -1.38. The van der Waals surface area contributed by atoms with Crippen molar-refractivity contribution in [3.63, 3.8) is 0 Å². The van der Waals surface area contributed by atoms with Crippen LogP contribution in [0, 0.1) is 5.82 Å². The molecule has 0 bridgehead atoms. The zero-order chi connectivity index (χ0) is 9.40. The van der Waals surface area contributed by atoms with Gasteiger partial charge in [0, 0.05) is 12.7 Å². The summed E-state index contributed by atoms with van der Waals surface area (Å²) in [6.07, 6.45) is 0.750. The summed E-state index contributed by atoms with van der Waals surface area (Å²) in [6, 6.07) is 6.34. The Kier molecular flexibility index (Phi) is 5.61. The number of nitrogens with one attached hydrogen (secondary N) is 1. The van der Waals surface area contributed by atoms with Crippen molar-refractivity contribution in [1.82, 2.24) is 0 Å². The average Bonchev–Trinajstić information content (AvgIpc) is 2.06. The first kappa shape index (κ1) is 10.6. The van der Waals surface area contributed by atoms with E-state index in [2.05, 4.69) is 5.32 Å². The van der Waals surface area contributed by atoms with Gasteiger partial charge in [0.2, 0.25) is 0 Å². The summed E-state index contributed by atoms with van der Waals surface area (Å²) in [7, 11) is 1.76. The van der Waals surface area contributed by atoms with Gasteiger partial charge in [0.15, 0.2) is 0 Å². The van der Waals surface area contributed by atoms with Crippen LogP contribution >= 0.6 is 0 Å². The number of carbonyl (C=O) groups excluding carboxylic acids is 1. The van der Waals surface area contributed by atoms with Gasteiger partial charge in [-0.2, -0.15) is 0 Å².